The molecule has 0 atom stereocenters. The Morgan fingerprint density at radius 2 is 1.19 bits per heavy atom. The molecule has 3 aromatic rings. The molecule has 104 valence electrons. The summed E-state index contributed by atoms with van der Waals surface area (Å²) in [5, 5.41) is 0. The van der Waals surface area contributed by atoms with Crippen LogP contribution in [0.15, 0.2) is 77.9 Å². The lowest BCUT2D eigenvalue weighted by molar-refractivity contribution is 0.166. The van der Waals surface area contributed by atoms with E-state index in [1.807, 2.05) is 60.7 Å². The number of hydrogen-bond acceptors (Lipinski definition) is 2. The van der Waals surface area contributed by atoms with Gasteiger partial charge in [-0.2, -0.15) is 4.73 Å². The van der Waals surface area contributed by atoms with Gasteiger partial charge in [-0.3, -0.25) is 4.79 Å². The van der Waals surface area contributed by atoms with Crippen molar-refractivity contribution >= 4 is 0 Å². The molecule has 3 nitrogen and oxygen atoms in total. The summed E-state index contributed by atoms with van der Waals surface area (Å²) in [5.41, 5.74) is 3.01. The molecule has 0 saturated heterocycles. The molecular weight excluding hydrogens is 262 g/mol. The van der Waals surface area contributed by atoms with Crippen LogP contribution in [0.2, 0.25) is 0 Å². The molecule has 1 heterocycles. The Balaban J connectivity index is 2.25. The van der Waals surface area contributed by atoms with Gasteiger partial charge in [-0.05, 0) is 11.1 Å². The van der Waals surface area contributed by atoms with E-state index < -0.39 is 0 Å². The summed E-state index contributed by atoms with van der Waals surface area (Å²) in [7, 11) is 1.58. The van der Waals surface area contributed by atoms with E-state index in [0.717, 1.165) is 11.1 Å². The molecule has 3 rings (SSSR count). The molecule has 0 aliphatic carbocycles. The maximum Gasteiger partial charge on any atom is 0.197 e. The molecule has 0 saturated carbocycles. The van der Waals surface area contributed by atoms with Crippen molar-refractivity contribution in [3.8, 4) is 22.3 Å². The molecule has 0 radical (unpaired) electrons. The van der Waals surface area contributed by atoms with Gasteiger partial charge < -0.3 is 4.84 Å². The van der Waals surface area contributed by atoms with Crippen LogP contribution in [0.25, 0.3) is 22.3 Å². The Morgan fingerprint density at radius 1 is 0.762 bits per heavy atom. The zero-order valence-electron chi connectivity index (χ0n) is 11.7. The van der Waals surface area contributed by atoms with Gasteiger partial charge in [-0.25, -0.2) is 0 Å². The fourth-order valence-electron chi connectivity index (χ4n) is 2.31. The second kappa shape index (κ2) is 5.67. The first-order valence-electron chi connectivity index (χ1n) is 6.71. The first-order valence-corrected chi connectivity index (χ1v) is 6.71. The van der Waals surface area contributed by atoms with Gasteiger partial charge in [0.25, 0.3) is 0 Å². The third kappa shape index (κ3) is 2.58. The van der Waals surface area contributed by atoms with E-state index in [1.54, 1.807) is 24.2 Å². The van der Waals surface area contributed by atoms with Crippen LogP contribution in [0, 0.1) is 0 Å². The number of pyridine rings is 1. The number of aromatic nitrogens is 1. The zero-order chi connectivity index (χ0) is 14.7. The van der Waals surface area contributed by atoms with Gasteiger partial charge in [0.1, 0.15) is 7.11 Å². The summed E-state index contributed by atoms with van der Waals surface area (Å²) in [6.07, 6.45) is 3.42. The third-order valence-electron chi connectivity index (χ3n) is 3.38. The summed E-state index contributed by atoms with van der Waals surface area (Å²) in [6.45, 7) is 0. The highest BCUT2D eigenvalue weighted by molar-refractivity contribution is 5.71. The summed E-state index contributed by atoms with van der Waals surface area (Å²) in [6, 6.07) is 19.2. The number of nitrogens with zero attached hydrogens (tertiary/aromatic N) is 1. The molecule has 0 N–H and O–H groups in total. The third-order valence-corrected chi connectivity index (χ3v) is 3.38. The van der Waals surface area contributed by atoms with Gasteiger partial charge in [-0.1, -0.05) is 60.7 Å². The van der Waals surface area contributed by atoms with Crippen molar-refractivity contribution in [1.82, 2.24) is 4.73 Å². The Bertz CT molecular complexity index is 729. The molecule has 0 aliphatic rings. The van der Waals surface area contributed by atoms with Crippen LogP contribution < -0.4 is 10.3 Å². The fourth-order valence-corrected chi connectivity index (χ4v) is 2.31. The van der Waals surface area contributed by atoms with Crippen molar-refractivity contribution in [3.63, 3.8) is 0 Å². The quantitative estimate of drug-likeness (QED) is 0.736. The van der Waals surface area contributed by atoms with E-state index in [2.05, 4.69) is 0 Å². The van der Waals surface area contributed by atoms with Crippen LogP contribution in [0.3, 0.4) is 0 Å². The Hall–Kier alpha value is -2.81. The van der Waals surface area contributed by atoms with Crippen LogP contribution in [-0.4, -0.2) is 11.8 Å². The largest absolute Gasteiger partial charge is 0.418 e. The van der Waals surface area contributed by atoms with Crippen molar-refractivity contribution in [1.29, 1.82) is 0 Å². The number of hydrogen-bond donors (Lipinski definition) is 0. The van der Waals surface area contributed by atoms with Gasteiger partial charge in [0.05, 0.1) is 12.4 Å². The molecule has 21 heavy (non-hydrogen) atoms. The summed E-state index contributed by atoms with van der Waals surface area (Å²) < 4.78 is 1.56. The average Bonchev–Trinajstić information content (AvgIpc) is 2.57. The maximum atomic E-state index is 12.8. The van der Waals surface area contributed by atoms with Crippen LogP contribution in [-0.2, 0) is 0 Å². The molecule has 0 amide bonds. The summed E-state index contributed by atoms with van der Waals surface area (Å²) in [5.74, 6) is 0. The highest BCUT2D eigenvalue weighted by Gasteiger charge is 2.11. The first-order chi connectivity index (χ1) is 10.3. The SMILES string of the molecule is COn1cc(-c2ccccc2)c(=O)c(-c2ccccc2)c1. The minimum absolute atomic E-state index is 0.000648. The molecule has 0 unspecified atom stereocenters. The van der Waals surface area contributed by atoms with Crippen molar-refractivity contribution < 1.29 is 4.84 Å². The van der Waals surface area contributed by atoms with Crippen molar-refractivity contribution in [2.24, 2.45) is 0 Å². The van der Waals surface area contributed by atoms with Crippen LogP contribution >= 0.6 is 0 Å². The molecule has 0 bridgehead atoms. The second-order valence-electron chi connectivity index (χ2n) is 4.69. The molecule has 2 aromatic carbocycles. The van der Waals surface area contributed by atoms with Gasteiger partial charge in [0.15, 0.2) is 5.43 Å². The van der Waals surface area contributed by atoms with E-state index in [1.165, 1.54) is 0 Å². The monoisotopic (exact) mass is 277 g/mol. The summed E-state index contributed by atoms with van der Waals surface area (Å²) >= 11 is 0. The summed E-state index contributed by atoms with van der Waals surface area (Å²) in [4.78, 5) is 18.0. The number of rotatable bonds is 3. The lowest BCUT2D eigenvalue weighted by Crippen LogP contribution is -2.16. The van der Waals surface area contributed by atoms with E-state index in [-0.39, 0.29) is 5.43 Å². The average molecular weight is 277 g/mol. The van der Waals surface area contributed by atoms with Crippen molar-refractivity contribution in [2.45, 2.75) is 0 Å². The second-order valence-corrected chi connectivity index (χ2v) is 4.69. The minimum atomic E-state index is 0.000648. The highest BCUT2D eigenvalue weighted by atomic mass is 16.6. The first kappa shape index (κ1) is 13.2. The van der Waals surface area contributed by atoms with E-state index >= 15 is 0 Å². The molecule has 1 aromatic heterocycles. The maximum absolute atomic E-state index is 12.8. The van der Waals surface area contributed by atoms with Crippen LogP contribution in [0.1, 0.15) is 0 Å². The highest BCUT2D eigenvalue weighted by Crippen LogP contribution is 2.20. The molecule has 0 spiro atoms. The lowest BCUT2D eigenvalue weighted by atomic mass is 10.0. The van der Waals surface area contributed by atoms with Gasteiger partial charge >= 0.3 is 0 Å². The molecular formula is C18H15NO2. The van der Waals surface area contributed by atoms with Crippen molar-refractivity contribution in [2.75, 3.05) is 7.11 Å². The Labute approximate surface area is 123 Å². The predicted molar refractivity (Wildman–Crippen MR) is 84.1 cm³/mol. The topological polar surface area (TPSA) is 31.2 Å². The normalized spacial score (nSPS) is 10.3. The Kier molecular flexibility index (Phi) is 3.56. The van der Waals surface area contributed by atoms with Gasteiger partial charge in [0, 0.05) is 11.1 Å². The lowest BCUT2D eigenvalue weighted by Gasteiger charge is -2.11. The molecule has 0 fully saturated rings. The smallest absolute Gasteiger partial charge is 0.197 e. The zero-order valence-corrected chi connectivity index (χ0v) is 11.7. The van der Waals surface area contributed by atoms with Crippen LogP contribution in [0.4, 0.5) is 0 Å². The van der Waals surface area contributed by atoms with E-state index in [4.69, 9.17) is 4.84 Å². The Morgan fingerprint density at radius 3 is 1.57 bits per heavy atom. The molecule has 3 heteroatoms. The molecule has 0 aliphatic heterocycles. The van der Waals surface area contributed by atoms with Crippen molar-refractivity contribution in [3.05, 3.63) is 83.3 Å². The predicted octanol–water partition coefficient (Wildman–Crippen LogP) is 3.24. The minimum Gasteiger partial charge on any atom is -0.418 e. The van der Waals surface area contributed by atoms with Crippen LogP contribution in [0.5, 0.6) is 0 Å². The fraction of sp³-hybridized carbons (Fsp3) is 0.0556. The standard InChI is InChI=1S/C18H15NO2/c1-21-19-12-16(14-8-4-2-5-9-14)18(20)17(13-19)15-10-6-3-7-11-15/h2-13H,1H3. The van der Waals surface area contributed by atoms with Gasteiger partial charge in [0.2, 0.25) is 0 Å². The van der Waals surface area contributed by atoms with E-state index in [0.29, 0.717) is 11.1 Å². The van der Waals surface area contributed by atoms with E-state index in [9.17, 15) is 4.79 Å². The number of benzene rings is 2. The van der Waals surface area contributed by atoms with Gasteiger partial charge in [-0.15, -0.1) is 0 Å².